The van der Waals surface area contributed by atoms with Crippen LogP contribution in [0.3, 0.4) is 0 Å². The third-order valence-electron chi connectivity index (χ3n) is 12.3. The molecule has 0 saturated carbocycles. The maximum Gasteiger partial charge on any atom is 0.306 e. The van der Waals surface area contributed by atoms with Gasteiger partial charge in [0.15, 0.2) is 6.10 Å². The molecule has 66 heavy (non-hydrogen) atoms. The Morgan fingerprint density at radius 1 is 0.318 bits per heavy atom. The summed E-state index contributed by atoms with van der Waals surface area (Å²) in [6.07, 6.45) is 67.8. The molecule has 0 radical (unpaired) electrons. The Bertz CT molecular complexity index is 1200. The molecule has 0 aliphatic rings. The highest BCUT2D eigenvalue weighted by Crippen LogP contribution is 2.16. The van der Waals surface area contributed by atoms with Crippen molar-refractivity contribution in [3.8, 4) is 0 Å². The molecule has 0 amide bonds. The Hall–Kier alpha value is -2.89. The molecule has 6 nitrogen and oxygen atoms in total. The number of rotatable bonds is 51. The van der Waals surface area contributed by atoms with Crippen molar-refractivity contribution in [2.24, 2.45) is 0 Å². The summed E-state index contributed by atoms with van der Waals surface area (Å²) in [6.45, 7) is 6.52. The van der Waals surface area contributed by atoms with E-state index in [9.17, 15) is 14.4 Å². The molecule has 1 atom stereocenters. The highest BCUT2D eigenvalue weighted by molar-refractivity contribution is 5.71. The zero-order valence-corrected chi connectivity index (χ0v) is 43.7. The summed E-state index contributed by atoms with van der Waals surface area (Å²) in [6, 6.07) is 0. The van der Waals surface area contributed by atoms with E-state index in [0.29, 0.717) is 19.3 Å². The second-order valence-electron chi connectivity index (χ2n) is 18.8. The van der Waals surface area contributed by atoms with Crippen LogP contribution in [0.4, 0.5) is 0 Å². The van der Waals surface area contributed by atoms with E-state index in [2.05, 4.69) is 81.5 Å². The lowest BCUT2D eigenvalue weighted by molar-refractivity contribution is -0.167. The average molecular weight is 924 g/mol. The van der Waals surface area contributed by atoms with Crippen molar-refractivity contribution < 1.29 is 28.6 Å². The minimum absolute atomic E-state index is 0.0809. The lowest BCUT2D eigenvalue weighted by atomic mass is 10.0. The standard InChI is InChI=1S/C60H106O6/c1-4-7-10-13-16-19-22-25-27-29-30-32-33-35-38-41-44-47-50-53-59(62)65-56-57(55-64-58(61)52-49-46-43-40-37-24-21-18-15-12-9-6-3)66-60(63)54-51-48-45-42-39-36-34-31-28-26-23-20-17-14-11-8-5-2/h7,10,16,19,25,27,30,32,35,38,57H,4-6,8-9,11-15,17-18,20-24,26,28-29,31,33-34,36-37,39-56H2,1-3H3/b10-7-,19-16-,27-25-,32-30-,38-35-/t57-/m1/s1. The van der Waals surface area contributed by atoms with Gasteiger partial charge in [-0.15, -0.1) is 0 Å². The van der Waals surface area contributed by atoms with Crippen LogP contribution in [0.2, 0.25) is 0 Å². The molecular formula is C60H106O6. The maximum atomic E-state index is 12.8. The topological polar surface area (TPSA) is 78.9 Å². The van der Waals surface area contributed by atoms with E-state index in [-0.39, 0.29) is 31.1 Å². The van der Waals surface area contributed by atoms with E-state index >= 15 is 0 Å². The monoisotopic (exact) mass is 923 g/mol. The van der Waals surface area contributed by atoms with E-state index in [1.54, 1.807) is 0 Å². The van der Waals surface area contributed by atoms with Crippen molar-refractivity contribution in [3.05, 3.63) is 60.8 Å². The summed E-state index contributed by atoms with van der Waals surface area (Å²) in [4.78, 5) is 38.1. The fraction of sp³-hybridized carbons (Fsp3) is 0.783. The van der Waals surface area contributed by atoms with Crippen LogP contribution in [-0.4, -0.2) is 37.2 Å². The maximum absolute atomic E-state index is 12.8. The summed E-state index contributed by atoms with van der Waals surface area (Å²) in [5.74, 6) is -0.902. The number of carbonyl (C=O) groups excluding carboxylic acids is 3. The summed E-state index contributed by atoms with van der Waals surface area (Å²) in [5.41, 5.74) is 0. The van der Waals surface area contributed by atoms with Gasteiger partial charge in [0, 0.05) is 19.3 Å². The SMILES string of the molecule is CC/C=C\C/C=C\C/C=C\C/C=C\C/C=C\CCCCCC(=O)OC[C@@H](COC(=O)CCCCCCCCCCCCCC)OC(=O)CCCCCCCCCCCCCCCCCCC. The lowest BCUT2D eigenvalue weighted by Gasteiger charge is -2.18. The average Bonchev–Trinajstić information content (AvgIpc) is 3.31. The first-order chi connectivity index (χ1) is 32.5. The second kappa shape index (κ2) is 54.7. The number of allylic oxidation sites excluding steroid dienone is 10. The molecule has 0 aromatic rings. The van der Waals surface area contributed by atoms with Crippen LogP contribution >= 0.6 is 0 Å². The first-order valence-electron chi connectivity index (χ1n) is 28.3. The van der Waals surface area contributed by atoms with Crippen LogP contribution in [0.15, 0.2) is 60.8 Å². The van der Waals surface area contributed by atoms with Gasteiger partial charge in [0.25, 0.3) is 0 Å². The van der Waals surface area contributed by atoms with Crippen molar-refractivity contribution >= 4 is 17.9 Å². The molecule has 0 aliphatic heterocycles. The Kier molecular flexibility index (Phi) is 52.3. The zero-order valence-electron chi connectivity index (χ0n) is 43.7. The van der Waals surface area contributed by atoms with E-state index in [1.807, 2.05) is 0 Å². The number of esters is 3. The minimum Gasteiger partial charge on any atom is -0.462 e. The minimum atomic E-state index is -0.784. The quantitative estimate of drug-likeness (QED) is 0.0262. The number of ether oxygens (including phenoxy) is 3. The number of unbranched alkanes of at least 4 members (excludes halogenated alkanes) is 30. The van der Waals surface area contributed by atoms with E-state index in [1.165, 1.54) is 148 Å². The van der Waals surface area contributed by atoms with Crippen LogP contribution in [0.5, 0.6) is 0 Å². The number of hydrogen-bond donors (Lipinski definition) is 0. The second-order valence-corrected chi connectivity index (χ2v) is 18.8. The van der Waals surface area contributed by atoms with Crippen LogP contribution in [0.1, 0.15) is 284 Å². The first-order valence-corrected chi connectivity index (χ1v) is 28.3. The van der Waals surface area contributed by atoms with Gasteiger partial charge < -0.3 is 14.2 Å². The van der Waals surface area contributed by atoms with Gasteiger partial charge in [0.1, 0.15) is 13.2 Å². The molecule has 382 valence electrons. The van der Waals surface area contributed by atoms with E-state index < -0.39 is 6.10 Å². The van der Waals surface area contributed by atoms with Crippen molar-refractivity contribution in [1.29, 1.82) is 0 Å². The predicted molar refractivity (Wildman–Crippen MR) is 284 cm³/mol. The summed E-state index contributed by atoms with van der Waals surface area (Å²) in [7, 11) is 0. The summed E-state index contributed by atoms with van der Waals surface area (Å²) < 4.78 is 16.8. The van der Waals surface area contributed by atoms with Crippen molar-refractivity contribution in [1.82, 2.24) is 0 Å². The van der Waals surface area contributed by atoms with Gasteiger partial charge in [-0.3, -0.25) is 14.4 Å². The smallest absolute Gasteiger partial charge is 0.306 e. The Balaban J connectivity index is 4.39. The normalized spacial score (nSPS) is 12.5. The summed E-state index contributed by atoms with van der Waals surface area (Å²) in [5, 5.41) is 0. The lowest BCUT2D eigenvalue weighted by Crippen LogP contribution is -2.30. The number of carbonyl (C=O) groups is 3. The third kappa shape index (κ3) is 52.1. The molecule has 0 spiro atoms. The van der Waals surface area contributed by atoms with Gasteiger partial charge in [-0.05, 0) is 64.2 Å². The largest absolute Gasteiger partial charge is 0.462 e. The molecule has 0 saturated heterocycles. The summed E-state index contributed by atoms with van der Waals surface area (Å²) >= 11 is 0. The molecule has 6 heteroatoms. The van der Waals surface area contributed by atoms with E-state index in [4.69, 9.17) is 14.2 Å². The zero-order chi connectivity index (χ0) is 47.9. The van der Waals surface area contributed by atoms with Crippen LogP contribution in [0, 0.1) is 0 Å². The fourth-order valence-corrected chi connectivity index (χ4v) is 8.06. The molecule has 0 aliphatic carbocycles. The van der Waals surface area contributed by atoms with Crippen molar-refractivity contribution in [2.75, 3.05) is 13.2 Å². The van der Waals surface area contributed by atoms with Gasteiger partial charge in [-0.25, -0.2) is 0 Å². The van der Waals surface area contributed by atoms with Crippen molar-refractivity contribution in [2.45, 2.75) is 290 Å². The molecule has 0 aromatic carbocycles. The fourth-order valence-electron chi connectivity index (χ4n) is 8.06. The van der Waals surface area contributed by atoms with Crippen LogP contribution < -0.4 is 0 Å². The Labute approximate surface area is 409 Å². The molecule has 0 unspecified atom stereocenters. The Morgan fingerprint density at radius 3 is 0.924 bits per heavy atom. The first kappa shape index (κ1) is 63.1. The molecule has 0 rings (SSSR count). The van der Waals surface area contributed by atoms with Crippen LogP contribution in [-0.2, 0) is 28.6 Å². The Morgan fingerprint density at radius 2 is 0.591 bits per heavy atom. The number of hydrogen-bond acceptors (Lipinski definition) is 6. The molecule has 0 N–H and O–H groups in total. The van der Waals surface area contributed by atoms with Gasteiger partial charge in [-0.1, -0.05) is 261 Å². The molecular weight excluding hydrogens is 817 g/mol. The van der Waals surface area contributed by atoms with Gasteiger partial charge in [0.2, 0.25) is 0 Å². The van der Waals surface area contributed by atoms with Crippen LogP contribution in [0.25, 0.3) is 0 Å². The molecule has 0 fully saturated rings. The predicted octanol–water partition coefficient (Wildman–Crippen LogP) is 18.8. The van der Waals surface area contributed by atoms with E-state index in [0.717, 1.165) is 96.3 Å². The highest BCUT2D eigenvalue weighted by Gasteiger charge is 2.19. The third-order valence-corrected chi connectivity index (χ3v) is 12.3. The molecule has 0 heterocycles. The van der Waals surface area contributed by atoms with Gasteiger partial charge in [-0.2, -0.15) is 0 Å². The van der Waals surface area contributed by atoms with Crippen molar-refractivity contribution in [3.63, 3.8) is 0 Å². The van der Waals surface area contributed by atoms with Gasteiger partial charge >= 0.3 is 17.9 Å². The van der Waals surface area contributed by atoms with Gasteiger partial charge in [0.05, 0.1) is 0 Å². The highest BCUT2D eigenvalue weighted by atomic mass is 16.6. The molecule has 0 aromatic heterocycles. The molecule has 0 bridgehead atoms.